The van der Waals surface area contributed by atoms with Gasteiger partial charge < -0.3 is 14.5 Å². The minimum atomic E-state index is -0.153. The zero-order chi connectivity index (χ0) is 23.8. The van der Waals surface area contributed by atoms with Crippen molar-refractivity contribution in [1.82, 2.24) is 0 Å². The first-order chi connectivity index (χ1) is 17.2. The average molecular weight is 459 g/mol. The number of fused-ring (bicyclic) bond motifs is 2. The fraction of sp³-hybridized carbons (Fsp3) is 0.188. The van der Waals surface area contributed by atoms with Crippen molar-refractivity contribution < 1.29 is 4.74 Å². The summed E-state index contributed by atoms with van der Waals surface area (Å²) >= 11 is 0. The number of likely N-dealkylation sites (N-methyl/N-ethyl adjacent to an activating group) is 1. The van der Waals surface area contributed by atoms with Crippen LogP contribution in [0, 0.1) is 0 Å². The van der Waals surface area contributed by atoms with Crippen molar-refractivity contribution >= 4 is 11.4 Å². The molecular weight excluding hydrogens is 428 g/mol. The lowest BCUT2D eigenvalue weighted by atomic mass is 9.68. The van der Waals surface area contributed by atoms with E-state index in [1.54, 1.807) is 0 Å². The molecule has 2 aliphatic rings. The molecule has 0 saturated heterocycles. The zero-order valence-electron chi connectivity index (χ0n) is 20.3. The Labute approximate surface area is 207 Å². The van der Waals surface area contributed by atoms with E-state index in [4.69, 9.17) is 4.74 Å². The molecule has 0 N–H and O–H groups in total. The molecule has 2 heterocycles. The SMILES string of the molecule is CN1/C(=C/C2N(C)c3ccccc3C2(Cc2ccccc2)Cc2ccccc2)Oc2ccccc21. The topological polar surface area (TPSA) is 15.7 Å². The van der Waals surface area contributed by atoms with Gasteiger partial charge in [0.1, 0.15) is 0 Å². The van der Waals surface area contributed by atoms with Gasteiger partial charge in [0.2, 0.25) is 0 Å². The van der Waals surface area contributed by atoms with Crippen molar-refractivity contribution in [1.29, 1.82) is 0 Å². The number of ether oxygens (including phenoxy) is 1. The standard InChI is InChI=1S/C32H30N2O/c1-33-27-18-10-9-17-26(27)32(22-24-13-5-3-6-14-24,23-25-15-7-4-8-16-25)30(33)21-31-34(2)28-19-11-12-20-29(28)35-31/h3-21,30H,22-23H2,1-2H3/b31-21-. The molecule has 0 aromatic heterocycles. The zero-order valence-corrected chi connectivity index (χ0v) is 20.3. The van der Waals surface area contributed by atoms with Crippen LogP contribution in [0.25, 0.3) is 0 Å². The van der Waals surface area contributed by atoms with E-state index in [0.717, 1.165) is 30.2 Å². The Balaban J connectivity index is 1.52. The highest BCUT2D eigenvalue weighted by Gasteiger charge is 2.49. The van der Waals surface area contributed by atoms with E-state index in [9.17, 15) is 0 Å². The lowest BCUT2D eigenvalue weighted by Gasteiger charge is -2.38. The van der Waals surface area contributed by atoms with E-state index in [1.165, 1.54) is 22.4 Å². The van der Waals surface area contributed by atoms with Gasteiger partial charge in [0.25, 0.3) is 0 Å². The largest absolute Gasteiger partial charge is 0.439 e. The Hall–Kier alpha value is -3.98. The summed E-state index contributed by atoms with van der Waals surface area (Å²) in [7, 11) is 4.32. The highest BCUT2D eigenvalue weighted by Crippen LogP contribution is 2.50. The molecule has 0 spiro atoms. The monoisotopic (exact) mass is 458 g/mol. The summed E-state index contributed by atoms with van der Waals surface area (Å²) in [5, 5.41) is 0. The van der Waals surface area contributed by atoms with Crippen molar-refractivity contribution in [2.45, 2.75) is 24.3 Å². The number of nitrogens with zero attached hydrogens (tertiary/aromatic N) is 2. The summed E-state index contributed by atoms with van der Waals surface area (Å²) in [6.45, 7) is 0. The molecule has 6 rings (SSSR count). The summed E-state index contributed by atoms with van der Waals surface area (Å²) < 4.78 is 6.38. The number of para-hydroxylation sites is 3. The Morgan fingerprint density at radius 3 is 1.86 bits per heavy atom. The fourth-order valence-corrected chi connectivity index (χ4v) is 5.94. The van der Waals surface area contributed by atoms with Gasteiger partial charge in [-0.1, -0.05) is 91.0 Å². The van der Waals surface area contributed by atoms with Crippen LogP contribution >= 0.6 is 0 Å². The van der Waals surface area contributed by atoms with E-state index < -0.39 is 0 Å². The van der Waals surface area contributed by atoms with Gasteiger partial charge in [-0.2, -0.15) is 0 Å². The van der Waals surface area contributed by atoms with Crippen LogP contribution in [0.4, 0.5) is 11.4 Å². The fourth-order valence-electron chi connectivity index (χ4n) is 5.94. The summed E-state index contributed by atoms with van der Waals surface area (Å²) in [5.41, 5.74) is 6.34. The molecule has 3 heteroatoms. The Morgan fingerprint density at radius 1 is 0.686 bits per heavy atom. The lowest BCUT2D eigenvalue weighted by molar-refractivity contribution is 0.377. The highest BCUT2D eigenvalue weighted by atomic mass is 16.5. The highest BCUT2D eigenvalue weighted by molar-refractivity contribution is 5.69. The van der Waals surface area contributed by atoms with Crippen LogP contribution in [0.3, 0.4) is 0 Å². The molecule has 1 unspecified atom stereocenters. The third-order valence-corrected chi connectivity index (χ3v) is 7.60. The molecular formula is C32H30N2O. The average Bonchev–Trinajstić information content (AvgIpc) is 3.33. The molecule has 4 aromatic rings. The third kappa shape index (κ3) is 3.68. The first kappa shape index (κ1) is 21.5. The van der Waals surface area contributed by atoms with E-state index in [0.29, 0.717) is 0 Å². The number of benzene rings is 4. The van der Waals surface area contributed by atoms with Crippen LogP contribution in [0.5, 0.6) is 5.75 Å². The maximum atomic E-state index is 6.38. The first-order valence-corrected chi connectivity index (χ1v) is 12.3. The molecule has 3 nitrogen and oxygen atoms in total. The van der Waals surface area contributed by atoms with Crippen LogP contribution in [0.1, 0.15) is 16.7 Å². The van der Waals surface area contributed by atoms with Gasteiger partial charge in [0.15, 0.2) is 11.6 Å². The molecule has 35 heavy (non-hydrogen) atoms. The Kier molecular flexibility index (Phi) is 5.33. The quantitative estimate of drug-likeness (QED) is 0.335. The smallest absolute Gasteiger partial charge is 0.198 e. The van der Waals surface area contributed by atoms with Crippen molar-refractivity contribution in [2.24, 2.45) is 0 Å². The number of hydrogen-bond donors (Lipinski definition) is 0. The molecule has 1 atom stereocenters. The van der Waals surface area contributed by atoms with Gasteiger partial charge in [-0.15, -0.1) is 0 Å². The molecule has 0 saturated carbocycles. The molecule has 0 amide bonds. The van der Waals surface area contributed by atoms with Gasteiger partial charge in [-0.05, 0) is 53.8 Å². The van der Waals surface area contributed by atoms with Gasteiger partial charge in [-0.3, -0.25) is 0 Å². The van der Waals surface area contributed by atoms with Crippen molar-refractivity contribution in [3.8, 4) is 5.75 Å². The van der Waals surface area contributed by atoms with Crippen LogP contribution in [-0.4, -0.2) is 20.1 Å². The molecule has 4 aromatic carbocycles. The lowest BCUT2D eigenvalue weighted by Crippen LogP contribution is -2.46. The maximum Gasteiger partial charge on any atom is 0.198 e. The predicted molar refractivity (Wildman–Crippen MR) is 144 cm³/mol. The maximum absolute atomic E-state index is 6.38. The van der Waals surface area contributed by atoms with E-state index >= 15 is 0 Å². The molecule has 2 aliphatic heterocycles. The Morgan fingerprint density at radius 2 is 1.23 bits per heavy atom. The van der Waals surface area contributed by atoms with Crippen molar-refractivity contribution in [2.75, 3.05) is 23.9 Å². The normalized spacial score (nSPS) is 18.9. The summed E-state index contributed by atoms with van der Waals surface area (Å²) in [6.07, 6.45) is 4.22. The molecule has 174 valence electrons. The number of rotatable bonds is 5. The van der Waals surface area contributed by atoms with Crippen molar-refractivity contribution in [3.63, 3.8) is 0 Å². The summed E-state index contributed by atoms with van der Waals surface area (Å²) in [4.78, 5) is 4.61. The number of hydrogen-bond acceptors (Lipinski definition) is 3. The predicted octanol–water partition coefficient (Wildman–Crippen LogP) is 6.60. The van der Waals surface area contributed by atoms with E-state index in [2.05, 4.69) is 127 Å². The van der Waals surface area contributed by atoms with E-state index in [-0.39, 0.29) is 11.5 Å². The second kappa shape index (κ2) is 8.66. The van der Waals surface area contributed by atoms with Crippen molar-refractivity contribution in [3.05, 3.63) is 138 Å². The van der Waals surface area contributed by atoms with Crippen LogP contribution < -0.4 is 14.5 Å². The minimum Gasteiger partial charge on any atom is -0.439 e. The first-order valence-electron chi connectivity index (χ1n) is 12.3. The Bertz CT molecular complexity index is 1320. The summed E-state index contributed by atoms with van der Waals surface area (Å²) in [6, 6.07) is 39.1. The van der Waals surface area contributed by atoms with Gasteiger partial charge in [0.05, 0.1) is 11.7 Å². The van der Waals surface area contributed by atoms with Crippen LogP contribution in [-0.2, 0) is 18.3 Å². The number of anilines is 2. The third-order valence-electron chi connectivity index (χ3n) is 7.60. The van der Waals surface area contributed by atoms with Gasteiger partial charge in [-0.25, -0.2) is 0 Å². The molecule has 0 fully saturated rings. The second-order valence-electron chi connectivity index (χ2n) is 9.69. The second-order valence-corrected chi connectivity index (χ2v) is 9.69. The summed E-state index contributed by atoms with van der Waals surface area (Å²) in [5.74, 6) is 1.80. The van der Waals surface area contributed by atoms with Crippen LogP contribution in [0.2, 0.25) is 0 Å². The van der Waals surface area contributed by atoms with E-state index in [1.807, 2.05) is 12.1 Å². The van der Waals surface area contributed by atoms with Gasteiger partial charge in [0, 0.05) is 25.2 Å². The minimum absolute atomic E-state index is 0.118. The molecule has 0 radical (unpaired) electrons. The molecule has 0 aliphatic carbocycles. The van der Waals surface area contributed by atoms with Gasteiger partial charge >= 0.3 is 0 Å². The molecule has 0 bridgehead atoms. The van der Waals surface area contributed by atoms with Crippen LogP contribution in [0.15, 0.2) is 121 Å².